The number of aromatic amines is 1. The Morgan fingerprint density at radius 2 is 2.00 bits per heavy atom. The zero-order valence-corrected chi connectivity index (χ0v) is 7.94. The van der Waals surface area contributed by atoms with Gasteiger partial charge in [-0.25, -0.2) is 4.39 Å². The molecule has 0 saturated carbocycles. The summed E-state index contributed by atoms with van der Waals surface area (Å²) < 4.78 is 13.1. The van der Waals surface area contributed by atoms with Crippen LogP contribution in [-0.4, -0.2) is 4.98 Å². The lowest BCUT2D eigenvalue weighted by Gasteiger charge is -2.10. The highest BCUT2D eigenvalue weighted by atomic mass is 19.1. The molecule has 0 spiro atoms. The maximum atomic E-state index is 13.1. The molecule has 2 heteroatoms. The highest BCUT2D eigenvalue weighted by Gasteiger charge is 2.15. The molecule has 1 aromatic carbocycles. The Balaban J connectivity index is 2.32. The van der Waals surface area contributed by atoms with Crippen LogP contribution in [0.15, 0.2) is 18.2 Å². The minimum Gasteiger partial charge on any atom is -0.358 e. The topological polar surface area (TPSA) is 15.8 Å². The van der Waals surface area contributed by atoms with Gasteiger partial charge < -0.3 is 4.98 Å². The van der Waals surface area contributed by atoms with Gasteiger partial charge in [-0.1, -0.05) is 0 Å². The third-order valence-electron chi connectivity index (χ3n) is 3.06. The molecule has 0 aliphatic heterocycles. The summed E-state index contributed by atoms with van der Waals surface area (Å²) in [5.41, 5.74) is 3.74. The van der Waals surface area contributed by atoms with Crippen LogP contribution in [0.3, 0.4) is 0 Å². The minimum absolute atomic E-state index is 0.134. The Hall–Kier alpha value is -1.31. The highest BCUT2D eigenvalue weighted by Crippen LogP contribution is 2.29. The van der Waals surface area contributed by atoms with E-state index in [1.54, 1.807) is 6.07 Å². The number of fused-ring (bicyclic) bond motifs is 3. The summed E-state index contributed by atoms with van der Waals surface area (Å²) in [6.45, 7) is 0. The molecule has 1 aliphatic rings. The van der Waals surface area contributed by atoms with Crippen molar-refractivity contribution in [3.05, 3.63) is 35.3 Å². The van der Waals surface area contributed by atoms with Crippen molar-refractivity contribution >= 4 is 10.9 Å². The molecule has 3 rings (SSSR count). The lowest BCUT2D eigenvalue weighted by atomic mass is 9.96. The summed E-state index contributed by atoms with van der Waals surface area (Å²) in [7, 11) is 0. The SMILES string of the molecule is Fc1ccc2[nH]c3c(c2c1)CCCC3. The van der Waals surface area contributed by atoms with Crippen molar-refractivity contribution in [1.82, 2.24) is 4.98 Å². The van der Waals surface area contributed by atoms with Gasteiger partial charge in [0.15, 0.2) is 0 Å². The van der Waals surface area contributed by atoms with Crippen molar-refractivity contribution in [1.29, 1.82) is 0 Å². The fourth-order valence-corrected chi connectivity index (χ4v) is 2.38. The molecule has 0 unspecified atom stereocenters. The second kappa shape index (κ2) is 2.84. The molecule has 0 atom stereocenters. The standard InChI is InChI=1S/C12H12FN/c13-8-5-6-12-10(7-8)9-3-1-2-4-11(9)14-12/h5-7,14H,1-4H2. The first-order valence-corrected chi connectivity index (χ1v) is 5.13. The summed E-state index contributed by atoms with van der Waals surface area (Å²) in [6.07, 6.45) is 4.70. The van der Waals surface area contributed by atoms with Crippen LogP contribution in [0.1, 0.15) is 24.1 Å². The number of hydrogen-bond acceptors (Lipinski definition) is 0. The van der Waals surface area contributed by atoms with Gasteiger partial charge in [-0.05, 0) is 49.4 Å². The van der Waals surface area contributed by atoms with Crippen LogP contribution in [0.4, 0.5) is 4.39 Å². The maximum absolute atomic E-state index is 13.1. The van der Waals surface area contributed by atoms with E-state index in [0.717, 1.165) is 23.7 Å². The van der Waals surface area contributed by atoms with Crippen molar-refractivity contribution in [2.45, 2.75) is 25.7 Å². The van der Waals surface area contributed by atoms with Crippen molar-refractivity contribution < 1.29 is 4.39 Å². The predicted octanol–water partition coefficient (Wildman–Crippen LogP) is 3.19. The van der Waals surface area contributed by atoms with Crippen molar-refractivity contribution in [3.8, 4) is 0 Å². The molecule has 2 aromatic rings. The molecule has 0 bridgehead atoms. The fraction of sp³-hybridized carbons (Fsp3) is 0.333. The summed E-state index contributed by atoms with van der Waals surface area (Å²) in [5, 5.41) is 1.08. The highest BCUT2D eigenvalue weighted by molar-refractivity contribution is 5.84. The van der Waals surface area contributed by atoms with E-state index in [2.05, 4.69) is 4.98 Å². The van der Waals surface area contributed by atoms with E-state index in [-0.39, 0.29) is 5.82 Å². The van der Waals surface area contributed by atoms with Crippen LogP contribution >= 0.6 is 0 Å². The predicted molar refractivity (Wildman–Crippen MR) is 54.9 cm³/mol. The van der Waals surface area contributed by atoms with Gasteiger partial charge in [0.1, 0.15) is 5.82 Å². The van der Waals surface area contributed by atoms with E-state index >= 15 is 0 Å². The Morgan fingerprint density at radius 3 is 2.93 bits per heavy atom. The first-order chi connectivity index (χ1) is 6.84. The summed E-state index contributed by atoms with van der Waals surface area (Å²) in [6, 6.07) is 5.00. The summed E-state index contributed by atoms with van der Waals surface area (Å²) >= 11 is 0. The lowest BCUT2D eigenvalue weighted by Crippen LogP contribution is -1.99. The molecule has 0 saturated heterocycles. The zero-order chi connectivity index (χ0) is 9.54. The Morgan fingerprint density at radius 1 is 1.14 bits per heavy atom. The number of aromatic nitrogens is 1. The number of halogens is 1. The van der Waals surface area contributed by atoms with Gasteiger partial charge in [0.25, 0.3) is 0 Å². The number of H-pyrrole nitrogens is 1. The lowest BCUT2D eigenvalue weighted by molar-refractivity contribution is 0.629. The van der Waals surface area contributed by atoms with Crippen LogP contribution in [0, 0.1) is 5.82 Å². The van der Waals surface area contributed by atoms with Crippen molar-refractivity contribution in [2.24, 2.45) is 0 Å². The van der Waals surface area contributed by atoms with E-state index in [0.29, 0.717) is 0 Å². The van der Waals surface area contributed by atoms with Crippen LogP contribution in [0.25, 0.3) is 10.9 Å². The van der Waals surface area contributed by atoms with Gasteiger partial charge in [0.05, 0.1) is 0 Å². The zero-order valence-electron chi connectivity index (χ0n) is 7.94. The molecular formula is C12H12FN. The molecular weight excluding hydrogens is 177 g/mol. The second-order valence-corrected chi connectivity index (χ2v) is 3.98. The van der Waals surface area contributed by atoms with Crippen molar-refractivity contribution in [2.75, 3.05) is 0 Å². The van der Waals surface area contributed by atoms with Crippen LogP contribution in [0.2, 0.25) is 0 Å². The molecule has 1 heterocycles. The molecule has 0 amide bonds. The van der Waals surface area contributed by atoms with Crippen LogP contribution in [-0.2, 0) is 12.8 Å². The van der Waals surface area contributed by atoms with E-state index < -0.39 is 0 Å². The number of aryl methyl sites for hydroxylation is 2. The number of hydrogen-bond donors (Lipinski definition) is 1. The van der Waals surface area contributed by atoms with Crippen LogP contribution in [0.5, 0.6) is 0 Å². The van der Waals surface area contributed by atoms with Gasteiger partial charge in [-0.15, -0.1) is 0 Å². The third-order valence-corrected chi connectivity index (χ3v) is 3.06. The molecule has 1 N–H and O–H groups in total. The number of rotatable bonds is 0. The Labute approximate surface area is 81.9 Å². The van der Waals surface area contributed by atoms with Gasteiger partial charge in [-0.2, -0.15) is 0 Å². The Kier molecular flexibility index (Phi) is 1.63. The smallest absolute Gasteiger partial charge is 0.123 e. The molecule has 0 fully saturated rings. The van der Waals surface area contributed by atoms with Gasteiger partial charge in [0, 0.05) is 16.6 Å². The summed E-state index contributed by atoms with van der Waals surface area (Å²) in [5.74, 6) is -0.134. The summed E-state index contributed by atoms with van der Waals surface area (Å²) in [4.78, 5) is 3.38. The molecule has 14 heavy (non-hydrogen) atoms. The minimum atomic E-state index is -0.134. The molecule has 0 radical (unpaired) electrons. The first-order valence-electron chi connectivity index (χ1n) is 5.13. The van der Waals surface area contributed by atoms with Crippen LogP contribution < -0.4 is 0 Å². The average molecular weight is 189 g/mol. The van der Waals surface area contributed by atoms with Crippen molar-refractivity contribution in [3.63, 3.8) is 0 Å². The van der Waals surface area contributed by atoms with E-state index in [1.165, 1.54) is 30.2 Å². The van der Waals surface area contributed by atoms with E-state index in [4.69, 9.17) is 0 Å². The monoisotopic (exact) mass is 189 g/mol. The number of nitrogens with one attached hydrogen (secondary N) is 1. The quantitative estimate of drug-likeness (QED) is 0.655. The fourth-order valence-electron chi connectivity index (χ4n) is 2.38. The Bertz CT molecular complexity index is 484. The van der Waals surface area contributed by atoms with E-state index in [1.807, 2.05) is 6.07 Å². The van der Waals surface area contributed by atoms with Gasteiger partial charge in [-0.3, -0.25) is 0 Å². The number of benzene rings is 1. The molecule has 1 aliphatic carbocycles. The second-order valence-electron chi connectivity index (χ2n) is 3.98. The largest absolute Gasteiger partial charge is 0.358 e. The average Bonchev–Trinajstić information content (AvgIpc) is 2.56. The van der Waals surface area contributed by atoms with E-state index in [9.17, 15) is 4.39 Å². The third kappa shape index (κ3) is 1.07. The van der Waals surface area contributed by atoms with Gasteiger partial charge >= 0.3 is 0 Å². The first kappa shape index (κ1) is 8.04. The molecule has 1 aromatic heterocycles. The molecule has 1 nitrogen and oxygen atoms in total. The van der Waals surface area contributed by atoms with Gasteiger partial charge in [0.2, 0.25) is 0 Å². The normalized spacial score (nSPS) is 15.8. The maximum Gasteiger partial charge on any atom is 0.123 e. The molecule has 72 valence electrons.